The highest BCUT2D eigenvalue weighted by Crippen LogP contribution is 2.16. The van der Waals surface area contributed by atoms with E-state index < -0.39 is 0 Å². The van der Waals surface area contributed by atoms with Gasteiger partial charge in [-0.3, -0.25) is 4.68 Å². The first kappa shape index (κ1) is 10.7. The van der Waals surface area contributed by atoms with E-state index in [2.05, 4.69) is 20.1 Å². The second-order valence-corrected chi connectivity index (χ2v) is 4.13. The molecule has 0 fully saturated rings. The van der Waals surface area contributed by atoms with Gasteiger partial charge in [-0.05, 0) is 6.92 Å². The predicted molar refractivity (Wildman–Crippen MR) is 66.8 cm³/mol. The lowest BCUT2D eigenvalue weighted by atomic mass is 10.4. The van der Waals surface area contributed by atoms with Crippen molar-refractivity contribution in [1.29, 1.82) is 0 Å². The zero-order chi connectivity index (χ0) is 12.7. The highest BCUT2D eigenvalue weighted by atomic mass is 15.3. The quantitative estimate of drug-likeness (QED) is 0.708. The molecule has 0 aliphatic carbocycles. The van der Waals surface area contributed by atoms with Crippen LogP contribution in [-0.4, -0.2) is 29.3 Å². The van der Waals surface area contributed by atoms with Crippen molar-refractivity contribution >= 4 is 16.9 Å². The number of hydrogen-bond donors (Lipinski definition) is 1. The summed E-state index contributed by atoms with van der Waals surface area (Å²) < 4.78 is 3.66. The van der Waals surface area contributed by atoms with Crippen molar-refractivity contribution in [3.63, 3.8) is 0 Å². The first-order valence-electron chi connectivity index (χ1n) is 5.57. The molecule has 7 heteroatoms. The van der Waals surface area contributed by atoms with Crippen LogP contribution in [0.25, 0.3) is 11.0 Å². The number of nitrogen functional groups attached to an aromatic ring is 1. The molecule has 0 aliphatic heterocycles. The number of aromatic nitrogens is 6. The summed E-state index contributed by atoms with van der Waals surface area (Å²) in [6.45, 7) is 2.49. The summed E-state index contributed by atoms with van der Waals surface area (Å²) in [7, 11) is 1.83. The summed E-state index contributed by atoms with van der Waals surface area (Å²) in [6, 6.07) is 0. The van der Waals surface area contributed by atoms with Gasteiger partial charge in [0.25, 0.3) is 0 Å². The van der Waals surface area contributed by atoms with Gasteiger partial charge in [-0.2, -0.15) is 5.10 Å². The number of nitrogens with zero attached hydrogens (tertiary/aromatic N) is 6. The highest BCUT2D eigenvalue weighted by molar-refractivity contribution is 5.84. The molecule has 0 unspecified atom stereocenters. The molecule has 3 aromatic heterocycles. The number of fused-ring (bicyclic) bond motifs is 1. The fourth-order valence-electron chi connectivity index (χ4n) is 1.88. The third kappa shape index (κ3) is 1.60. The monoisotopic (exact) mass is 243 g/mol. The molecule has 0 aromatic carbocycles. The summed E-state index contributed by atoms with van der Waals surface area (Å²) in [6.07, 6.45) is 5.32. The van der Waals surface area contributed by atoms with E-state index >= 15 is 0 Å². The molecule has 92 valence electrons. The van der Waals surface area contributed by atoms with Crippen LogP contribution in [0.3, 0.4) is 0 Å². The number of anilines is 1. The van der Waals surface area contributed by atoms with Gasteiger partial charge in [0.05, 0.1) is 18.1 Å². The average molecular weight is 243 g/mol. The fraction of sp³-hybridized carbons (Fsp3) is 0.273. The van der Waals surface area contributed by atoms with E-state index in [1.54, 1.807) is 17.1 Å². The lowest BCUT2D eigenvalue weighted by molar-refractivity contribution is 0.714. The topological polar surface area (TPSA) is 87.4 Å². The van der Waals surface area contributed by atoms with Crippen LogP contribution in [-0.2, 0) is 13.6 Å². The zero-order valence-corrected chi connectivity index (χ0v) is 10.2. The van der Waals surface area contributed by atoms with E-state index in [1.807, 2.05) is 24.7 Å². The van der Waals surface area contributed by atoms with Crippen LogP contribution >= 0.6 is 0 Å². The summed E-state index contributed by atoms with van der Waals surface area (Å²) in [5.74, 6) is 2.04. The van der Waals surface area contributed by atoms with Crippen molar-refractivity contribution in [3.8, 4) is 0 Å². The minimum atomic E-state index is 0.459. The van der Waals surface area contributed by atoms with Crippen molar-refractivity contribution in [2.45, 2.75) is 13.5 Å². The summed E-state index contributed by atoms with van der Waals surface area (Å²) in [5, 5.41) is 4.91. The minimum absolute atomic E-state index is 0.459. The van der Waals surface area contributed by atoms with Crippen LogP contribution in [0.15, 0.2) is 18.6 Å². The molecule has 3 heterocycles. The Labute approximate surface area is 103 Å². The molecule has 3 aromatic rings. The van der Waals surface area contributed by atoms with Gasteiger partial charge in [0, 0.05) is 19.4 Å². The third-order valence-corrected chi connectivity index (χ3v) is 2.90. The highest BCUT2D eigenvalue weighted by Gasteiger charge is 2.10. The summed E-state index contributed by atoms with van der Waals surface area (Å²) >= 11 is 0. The Hall–Kier alpha value is -2.44. The van der Waals surface area contributed by atoms with Crippen molar-refractivity contribution in [2.24, 2.45) is 7.05 Å². The Kier molecular flexibility index (Phi) is 2.26. The molecule has 3 rings (SSSR count). The van der Waals surface area contributed by atoms with E-state index in [0.29, 0.717) is 18.2 Å². The van der Waals surface area contributed by atoms with Gasteiger partial charge >= 0.3 is 0 Å². The standard InChI is InChI=1S/C11H13N7/c1-7-13-3-4-18(7)6-9-15-10(12)8-5-14-17(2)11(8)16-9/h3-5H,6H2,1-2H3,(H2,12,15,16). The van der Waals surface area contributed by atoms with Gasteiger partial charge < -0.3 is 10.3 Å². The Morgan fingerprint density at radius 3 is 2.89 bits per heavy atom. The molecule has 7 nitrogen and oxygen atoms in total. The molecule has 0 amide bonds. The minimum Gasteiger partial charge on any atom is -0.383 e. The molecule has 0 saturated carbocycles. The number of hydrogen-bond acceptors (Lipinski definition) is 5. The van der Waals surface area contributed by atoms with Crippen LogP contribution in [0, 0.1) is 6.92 Å². The zero-order valence-electron chi connectivity index (χ0n) is 10.2. The second kappa shape index (κ2) is 3.80. The van der Waals surface area contributed by atoms with Gasteiger partial charge in [0.15, 0.2) is 11.5 Å². The number of nitrogens with two attached hydrogens (primary N) is 1. The van der Waals surface area contributed by atoms with Gasteiger partial charge in [-0.1, -0.05) is 0 Å². The molecule has 2 N–H and O–H groups in total. The van der Waals surface area contributed by atoms with Crippen LogP contribution in [0.4, 0.5) is 5.82 Å². The average Bonchev–Trinajstić information content (AvgIpc) is 2.88. The Bertz CT molecular complexity index is 709. The van der Waals surface area contributed by atoms with E-state index in [-0.39, 0.29) is 0 Å². The van der Waals surface area contributed by atoms with E-state index in [9.17, 15) is 0 Å². The normalized spacial score (nSPS) is 11.2. The molecule has 18 heavy (non-hydrogen) atoms. The lowest BCUT2D eigenvalue weighted by Gasteiger charge is -2.05. The Balaban J connectivity index is 2.07. The molecular formula is C11H13N7. The maximum absolute atomic E-state index is 5.91. The Morgan fingerprint density at radius 2 is 2.17 bits per heavy atom. The second-order valence-electron chi connectivity index (χ2n) is 4.13. The number of aryl methyl sites for hydroxylation is 2. The maximum Gasteiger partial charge on any atom is 0.163 e. The first-order chi connectivity index (χ1) is 8.65. The third-order valence-electron chi connectivity index (χ3n) is 2.90. The number of rotatable bonds is 2. The van der Waals surface area contributed by atoms with E-state index in [4.69, 9.17) is 5.73 Å². The van der Waals surface area contributed by atoms with Crippen LogP contribution in [0.5, 0.6) is 0 Å². The van der Waals surface area contributed by atoms with Crippen LogP contribution < -0.4 is 5.73 Å². The van der Waals surface area contributed by atoms with Crippen molar-refractivity contribution in [2.75, 3.05) is 5.73 Å². The van der Waals surface area contributed by atoms with Gasteiger partial charge in [-0.15, -0.1) is 0 Å². The van der Waals surface area contributed by atoms with Gasteiger partial charge in [0.2, 0.25) is 0 Å². The Morgan fingerprint density at radius 1 is 1.33 bits per heavy atom. The first-order valence-corrected chi connectivity index (χ1v) is 5.57. The molecule has 0 spiro atoms. The van der Waals surface area contributed by atoms with Gasteiger partial charge in [0.1, 0.15) is 11.6 Å². The van der Waals surface area contributed by atoms with E-state index in [1.165, 1.54) is 0 Å². The van der Waals surface area contributed by atoms with Crippen molar-refractivity contribution < 1.29 is 0 Å². The number of imidazole rings is 1. The van der Waals surface area contributed by atoms with E-state index in [0.717, 1.165) is 16.9 Å². The molecule has 0 atom stereocenters. The van der Waals surface area contributed by atoms with Crippen LogP contribution in [0.2, 0.25) is 0 Å². The fourth-order valence-corrected chi connectivity index (χ4v) is 1.88. The molecule has 0 bridgehead atoms. The largest absolute Gasteiger partial charge is 0.383 e. The molecule has 0 saturated heterocycles. The summed E-state index contributed by atoms with van der Waals surface area (Å²) in [4.78, 5) is 12.9. The SMILES string of the molecule is Cc1nccn1Cc1nc(N)c2cnn(C)c2n1. The molecule has 0 radical (unpaired) electrons. The van der Waals surface area contributed by atoms with Crippen LogP contribution in [0.1, 0.15) is 11.6 Å². The lowest BCUT2D eigenvalue weighted by Crippen LogP contribution is -2.08. The molecular weight excluding hydrogens is 230 g/mol. The molecule has 0 aliphatic rings. The summed E-state index contributed by atoms with van der Waals surface area (Å²) in [5.41, 5.74) is 6.65. The smallest absolute Gasteiger partial charge is 0.163 e. The van der Waals surface area contributed by atoms with Gasteiger partial charge in [-0.25, -0.2) is 15.0 Å². The van der Waals surface area contributed by atoms with Crippen molar-refractivity contribution in [3.05, 3.63) is 30.2 Å². The maximum atomic E-state index is 5.91. The predicted octanol–water partition coefficient (Wildman–Crippen LogP) is 0.499. The van der Waals surface area contributed by atoms with Crippen molar-refractivity contribution in [1.82, 2.24) is 29.3 Å².